The number of dihydropyridines is 1. The molecule has 1 N–H and O–H groups in total. The number of ether oxygens (including phenoxy) is 3. The van der Waals surface area contributed by atoms with Crippen LogP contribution >= 0.6 is 0 Å². The Labute approximate surface area is 208 Å². The smallest absolute Gasteiger partial charge is 0.337 e. The molecule has 0 fully saturated rings. The lowest BCUT2D eigenvalue weighted by molar-refractivity contribution is -0.140. The summed E-state index contributed by atoms with van der Waals surface area (Å²) < 4.78 is 22.4. The molecule has 1 aliphatic carbocycles. The third-order valence-electron chi connectivity index (χ3n) is 6.94. The van der Waals surface area contributed by atoms with Crippen molar-refractivity contribution in [2.45, 2.75) is 38.2 Å². The normalized spacial score (nSPS) is 20.8. The van der Waals surface area contributed by atoms with E-state index in [0.29, 0.717) is 41.2 Å². The van der Waals surface area contributed by atoms with E-state index in [-0.39, 0.29) is 25.1 Å². The van der Waals surface area contributed by atoms with E-state index in [0.717, 1.165) is 22.6 Å². The van der Waals surface area contributed by atoms with E-state index in [1.165, 1.54) is 0 Å². The van der Waals surface area contributed by atoms with Gasteiger partial charge in [0.15, 0.2) is 17.3 Å². The van der Waals surface area contributed by atoms with Crippen LogP contribution in [0.3, 0.4) is 0 Å². The lowest BCUT2D eigenvalue weighted by Gasteiger charge is -2.36. The number of fused-ring (bicyclic) bond motifs is 1. The number of carbonyl (C=O) groups excluding carboxylic acids is 2. The largest absolute Gasteiger partial charge is 0.469 e. The van der Waals surface area contributed by atoms with E-state index in [4.69, 9.17) is 18.6 Å². The molecule has 2 aliphatic heterocycles. The van der Waals surface area contributed by atoms with E-state index < -0.39 is 11.9 Å². The molecule has 0 amide bonds. The zero-order valence-corrected chi connectivity index (χ0v) is 19.8. The van der Waals surface area contributed by atoms with Crippen LogP contribution in [-0.4, -0.2) is 18.5 Å². The van der Waals surface area contributed by atoms with Gasteiger partial charge in [-0.3, -0.25) is 4.79 Å². The molecule has 7 nitrogen and oxygen atoms in total. The second-order valence-electron chi connectivity index (χ2n) is 9.21. The van der Waals surface area contributed by atoms with Crippen molar-refractivity contribution in [1.29, 1.82) is 0 Å². The first kappa shape index (κ1) is 22.2. The van der Waals surface area contributed by atoms with Crippen LogP contribution in [0.2, 0.25) is 0 Å². The molecule has 7 heteroatoms. The highest BCUT2D eigenvalue weighted by molar-refractivity contribution is 6.04. The first-order valence-corrected chi connectivity index (χ1v) is 12.0. The summed E-state index contributed by atoms with van der Waals surface area (Å²) in [5.41, 5.74) is 4.17. The zero-order chi connectivity index (χ0) is 24.6. The summed E-state index contributed by atoms with van der Waals surface area (Å²) >= 11 is 0. The average molecular weight is 484 g/mol. The predicted octanol–water partition coefficient (Wildman–Crippen LogP) is 5.11. The van der Waals surface area contributed by atoms with Gasteiger partial charge in [0.25, 0.3) is 0 Å². The Balaban J connectivity index is 1.39. The molecule has 0 spiro atoms. The van der Waals surface area contributed by atoms with Gasteiger partial charge < -0.3 is 23.9 Å². The maximum absolute atomic E-state index is 13.6. The van der Waals surface area contributed by atoms with Crippen molar-refractivity contribution in [2.24, 2.45) is 0 Å². The second kappa shape index (κ2) is 9.07. The summed E-state index contributed by atoms with van der Waals surface area (Å²) in [6.45, 7) is 2.14. The van der Waals surface area contributed by atoms with Gasteiger partial charge in [-0.2, -0.15) is 0 Å². The number of benzene rings is 2. The molecule has 1 aromatic heterocycles. The highest BCUT2D eigenvalue weighted by Crippen LogP contribution is 2.47. The third-order valence-corrected chi connectivity index (χ3v) is 6.94. The van der Waals surface area contributed by atoms with Crippen molar-refractivity contribution in [3.05, 3.63) is 106 Å². The lowest BCUT2D eigenvalue weighted by Crippen LogP contribution is -2.36. The summed E-state index contributed by atoms with van der Waals surface area (Å²) in [5, 5.41) is 3.36. The Morgan fingerprint density at radius 2 is 1.86 bits per heavy atom. The Bertz CT molecular complexity index is 1390. The fourth-order valence-corrected chi connectivity index (χ4v) is 5.26. The van der Waals surface area contributed by atoms with Gasteiger partial charge in [0.05, 0.1) is 11.8 Å². The summed E-state index contributed by atoms with van der Waals surface area (Å²) in [6.07, 6.45) is 2.54. The van der Waals surface area contributed by atoms with E-state index in [1.54, 1.807) is 6.26 Å². The molecule has 0 unspecified atom stereocenters. The van der Waals surface area contributed by atoms with Crippen molar-refractivity contribution >= 4 is 11.8 Å². The van der Waals surface area contributed by atoms with Gasteiger partial charge in [-0.05, 0) is 48.7 Å². The molecule has 0 bridgehead atoms. The minimum atomic E-state index is -0.580. The predicted molar refractivity (Wildman–Crippen MR) is 130 cm³/mol. The Kier molecular flexibility index (Phi) is 5.60. The fraction of sp³-hybridized carbons (Fsp3) is 0.241. The minimum absolute atomic E-state index is 0.0197. The van der Waals surface area contributed by atoms with E-state index in [1.807, 2.05) is 67.6 Å². The van der Waals surface area contributed by atoms with Crippen molar-refractivity contribution in [2.75, 3.05) is 6.79 Å². The molecule has 3 aromatic rings. The highest BCUT2D eigenvalue weighted by atomic mass is 16.7. The number of esters is 1. The van der Waals surface area contributed by atoms with Crippen molar-refractivity contribution in [3.8, 4) is 11.5 Å². The SMILES string of the molecule is CC1=C(C(=O)OCc2ccccc2)[C@H](c2ccc3c(c2)OCO3)C2=C(C[C@@H](c3ccco3)CC2=O)N1. The van der Waals surface area contributed by atoms with Crippen LogP contribution in [0.15, 0.2) is 93.9 Å². The zero-order valence-electron chi connectivity index (χ0n) is 19.8. The number of Topliss-reactive ketones (excluding diaryl/α,β-unsaturated/α-hetero) is 1. The van der Waals surface area contributed by atoms with E-state index >= 15 is 0 Å². The summed E-state index contributed by atoms with van der Waals surface area (Å²) in [5.74, 6) is 0.904. The summed E-state index contributed by atoms with van der Waals surface area (Å²) in [6, 6.07) is 18.8. The first-order valence-electron chi connectivity index (χ1n) is 12.0. The molecule has 0 saturated heterocycles. The average Bonchev–Trinajstić information content (AvgIpc) is 3.59. The van der Waals surface area contributed by atoms with Crippen LogP contribution in [0.5, 0.6) is 11.5 Å². The second-order valence-corrected chi connectivity index (χ2v) is 9.21. The molecule has 2 atom stereocenters. The standard InChI is InChI=1S/C29H25NO6/c1-17-26(29(32)34-15-18-6-3-2-4-7-18)27(19-9-10-24-25(14-19)36-16-35-24)28-21(30-17)12-20(13-22(28)31)23-8-5-11-33-23/h2-11,14,20,27,30H,12-13,15-16H2,1H3/t20-,27+/m1/s1. The number of furan rings is 1. The number of hydrogen-bond donors (Lipinski definition) is 1. The number of hydrogen-bond acceptors (Lipinski definition) is 7. The van der Waals surface area contributed by atoms with Crippen LogP contribution in [0.25, 0.3) is 0 Å². The van der Waals surface area contributed by atoms with E-state index in [2.05, 4.69) is 5.32 Å². The maximum Gasteiger partial charge on any atom is 0.337 e. The van der Waals surface area contributed by atoms with Gasteiger partial charge >= 0.3 is 5.97 Å². The van der Waals surface area contributed by atoms with Gasteiger partial charge in [0, 0.05) is 35.2 Å². The van der Waals surface area contributed by atoms with Crippen molar-refractivity contribution in [1.82, 2.24) is 5.32 Å². The van der Waals surface area contributed by atoms with Crippen LogP contribution in [0.4, 0.5) is 0 Å². The topological polar surface area (TPSA) is 87.0 Å². The van der Waals surface area contributed by atoms with E-state index in [9.17, 15) is 9.59 Å². The molecule has 3 aliphatic rings. The monoisotopic (exact) mass is 483 g/mol. The molecule has 36 heavy (non-hydrogen) atoms. The Hall–Kier alpha value is -4.26. The van der Waals surface area contributed by atoms with Crippen molar-refractivity contribution < 1.29 is 28.2 Å². The molecular weight excluding hydrogens is 458 g/mol. The number of allylic oxidation sites excluding steroid dienone is 3. The quantitative estimate of drug-likeness (QED) is 0.505. The Morgan fingerprint density at radius 3 is 2.67 bits per heavy atom. The first-order chi connectivity index (χ1) is 17.6. The highest BCUT2D eigenvalue weighted by Gasteiger charge is 2.42. The van der Waals surface area contributed by atoms with Crippen LogP contribution in [-0.2, 0) is 20.9 Å². The van der Waals surface area contributed by atoms with Gasteiger partial charge in [-0.25, -0.2) is 4.79 Å². The molecule has 0 saturated carbocycles. The van der Waals surface area contributed by atoms with Gasteiger partial charge in [-0.15, -0.1) is 0 Å². The summed E-state index contributed by atoms with van der Waals surface area (Å²) in [7, 11) is 0. The third kappa shape index (κ3) is 3.96. The summed E-state index contributed by atoms with van der Waals surface area (Å²) in [4.78, 5) is 27.1. The number of ketones is 1. The molecule has 6 rings (SSSR count). The molecule has 182 valence electrons. The van der Waals surface area contributed by atoms with Crippen LogP contribution < -0.4 is 14.8 Å². The minimum Gasteiger partial charge on any atom is -0.469 e. The molecule has 2 aromatic carbocycles. The Morgan fingerprint density at radius 1 is 1.03 bits per heavy atom. The van der Waals surface area contributed by atoms with Crippen LogP contribution in [0.1, 0.15) is 48.5 Å². The number of nitrogens with one attached hydrogen (secondary N) is 1. The van der Waals surface area contributed by atoms with Crippen LogP contribution in [0, 0.1) is 0 Å². The lowest BCUT2D eigenvalue weighted by atomic mass is 9.72. The number of carbonyl (C=O) groups is 2. The maximum atomic E-state index is 13.6. The van der Waals surface area contributed by atoms with Crippen molar-refractivity contribution in [3.63, 3.8) is 0 Å². The molecule has 3 heterocycles. The molecular formula is C29H25NO6. The molecule has 0 radical (unpaired) electrons. The fourth-order valence-electron chi connectivity index (χ4n) is 5.26. The van der Waals surface area contributed by atoms with Gasteiger partial charge in [-0.1, -0.05) is 36.4 Å². The number of rotatable bonds is 5. The van der Waals surface area contributed by atoms with Gasteiger partial charge in [0.2, 0.25) is 6.79 Å². The van der Waals surface area contributed by atoms with Gasteiger partial charge in [0.1, 0.15) is 12.4 Å².